The lowest BCUT2D eigenvalue weighted by Gasteiger charge is -2.35. The van der Waals surface area contributed by atoms with Gasteiger partial charge in [0.15, 0.2) is 0 Å². The van der Waals surface area contributed by atoms with Gasteiger partial charge < -0.3 is 14.6 Å². The molecule has 9 nitrogen and oxygen atoms in total. The summed E-state index contributed by atoms with van der Waals surface area (Å²) in [6.07, 6.45) is 7.78. The van der Waals surface area contributed by atoms with Crippen molar-refractivity contribution in [2.45, 2.75) is 70.8 Å². The minimum Gasteiger partial charge on any atom is -0.373 e. The number of likely N-dealkylation sites (N-methyl/N-ethyl adjacent to an activating group) is 1. The highest BCUT2D eigenvalue weighted by atomic mass is 16.7. The second-order valence-electron chi connectivity index (χ2n) is 9.74. The quantitative estimate of drug-likeness (QED) is 0.482. The van der Waals surface area contributed by atoms with Crippen LogP contribution in [0.3, 0.4) is 0 Å². The van der Waals surface area contributed by atoms with Crippen LogP contribution < -0.4 is 5.90 Å². The Morgan fingerprint density at radius 1 is 1.06 bits per heavy atom. The fourth-order valence-electron chi connectivity index (χ4n) is 5.18. The molecule has 2 atom stereocenters. The molecule has 9 heteroatoms. The Labute approximate surface area is 184 Å². The van der Waals surface area contributed by atoms with Gasteiger partial charge in [-0.05, 0) is 45.4 Å². The monoisotopic (exact) mass is 436 g/mol. The number of hydrogen-bond acceptors (Lipinski definition) is 6. The predicted octanol–water partition coefficient (Wildman–Crippen LogP) is 1.90. The molecule has 0 radical (unpaired) electrons. The van der Waals surface area contributed by atoms with Gasteiger partial charge in [0.05, 0.1) is 11.8 Å². The molecule has 2 aliphatic heterocycles. The molecular formula is C22H36N4O5. The van der Waals surface area contributed by atoms with E-state index in [1.807, 2.05) is 4.90 Å². The second-order valence-corrected chi connectivity index (χ2v) is 9.74. The van der Waals surface area contributed by atoms with Crippen LogP contribution in [0, 0.1) is 17.8 Å². The molecule has 0 aromatic heterocycles. The molecule has 2 heterocycles. The molecule has 174 valence electrons. The van der Waals surface area contributed by atoms with E-state index in [2.05, 4.69) is 4.84 Å². The topological polar surface area (TPSA) is 113 Å². The average Bonchev–Trinajstić information content (AvgIpc) is 3.34. The van der Waals surface area contributed by atoms with E-state index in [1.54, 1.807) is 20.9 Å². The number of amides is 4. The normalized spacial score (nSPS) is 23.9. The summed E-state index contributed by atoms with van der Waals surface area (Å²) >= 11 is 0. The molecular weight excluding hydrogens is 400 g/mol. The number of likely N-dealkylation sites (tertiary alicyclic amines) is 1. The van der Waals surface area contributed by atoms with Crippen molar-refractivity contribution in [3.05, 3.63) is 0 Å². The lowest BCUT2D eigenvalue weighted by Crippen LogP contribution is -2.49. The number of rotatable bonds is 7. The third-order valence-corrected chi connectivity index (χ3v) is 7.46. The summed E-state index contributed by atoms with van der Waals surface area (Å²) < 4.78 is 0. The standard InChI is InChI=1S/C22H36N4O5/c1-22(2)20(29)26(21(30)24(22)3)14-17(19(28)31-23)16(13-15-9-5-6-10-15)18(27)25-11-7-4-8-12-25/h15-17H,4-14,23H2,1-3H3/t16-,17+/m1/s1. The average molecular weight is 437 g/mol. The number of nitrogens with two attached hydrogens (primary N) is 1. The molecule has 31 heavy (non-hydrogen) atoms. The summed E-state index contributed by atoms with van der Waals surface area (Å²) in [6.45, 7) is 4.47. The first-order valence-corrected chi connectivity index (χ1v) is 11.5. The summed E-state index contributed by atoms with van der Waals surface area (Å²) in [7, 11) is 1.56. The van der Waals surface area contributed by atoms with Gasteiger partial charge in [-0.15, -0.1) is 0 Å². The largest absolute Gasteiger partial charge is 0.373 e. The molecule has 4 amide bonds. The van der Waals surface area contributed by atoms with Crippen LogP contribution in [-0.2, 0) is 19.2 Å². The molecule has 0 unspecified atom stereocenters. The first kappa shape index (κ1) is 23.5. The van der Waals surface area contributed by atoms with E-state index in [0.717, 1.165) is 49.8 Å². The number of urea groups is 1. The van der Waals surface area contributed by atoms with Crippen LogP contribution in [0.2, 0.25) is 0 Å². The van der Waals surface area contributed by atoms with E-state index >= 15 is 0 Å². The Morgan fingerprint density at radius 2 is 1.68 bits per heavy atom. The molecule has 3 rings (SSSR count). The van der Waals surface area contributed by atoms with E-state index in [9.17, 15) is 19.2 Å². The number of imide groups is 1. The molecule has 2 N–H and O–H groups in total. The van der Waals surface area contributed by atoms with E-state index in [0.29, 0.717) is 25.4 Å². The third kappa shape index (κ3) is 4.71. The summed E-state index contributed by atoms with van der Waals surface area (Å²) in [6, 6.07) is -0.477. The van der Waals surface area contributed by atoms with Gasteiger partial charge in [-0.25, -0.2) is 9.59 Å². The van der Waals surface area contributed by atoms with Crippen molar-refractivity contribution in [2.75, 3.05) is 26.7 Å². The van der Waals surface area contributed by atoms with Gasteiger partial charge in [0.2, 0.25) is 5.91 Å². The van der Waals surface area contributed by atoms with Gasteiger partial charge in [0.1, 0.15) is 5.54 Å². The molecule has 0 aromatic rings. The fourth-order valence-corrected chi connectivity index (χ4v) is 5.18. The summed E-state index contributed by atoms with van der Waals surface area (Å²) in [5.41, 5.74) is -1.01. The Morgan fingerprint density at radius 3 is 2.19 bits per heavy atom. The number of carbonyl (C=O) groups excluding carboxylic acids is 4. The van der Waals surface area contributed by atoms with Gasteiger partial charge in [0.25, 0.3) is 5.91 Å². The highest BCUT2D eigenvalue weighted by Crippen LogP contribution is 2.36. The maximum absolute atomic E-state index is 13.6. The minimum atomic E-state index is -1.01. The maximum Gasteiger partial charge on any atom is 0.330 e. The molecule has 3 fully saturated rings. The number of piperidine rings is 1. The maximum atomic E-state index is 13.6. The van der Waals surface area contributed by atoms with Crippen molar-refractivity contribution in [1.82, 2.24) is 14.7 Å². The molecule has 2 saturated heterocycles. The van der Waals surface area contributed by atoms with Crippen LogP contribution in [-0.4, -0.2) is 70.7 Å². The highest BCUT2D eigenvalue weighted by molar-refractivity contribution is 6.06. The SMILES string of the molecule is CN1C(=O)N(C[C@H](C(=O)ON)[C@@H](CC2CCCC2)C(=O)N2CCCCC2)C(=O)C1(C)C. The van der Waals surface area contributed by atoms with Crippen molar-refractivity contribution in [1.29, 1.82) is 0 Å². The van der Waals surface area contributed by atoms with Crippen LogP contribution in [0.5, 0.6) is 0 Å². The molecule has 0 aromatic carbocycles. The van der Waals surface area contributed by atoms with Gasteiger partial charge >= 0.3 is 12.0 Å². The van der Waals surface area contributed by atoms with E-state index in [-0.39, 0.29) is 18.4 Å². The van der Waals surface area contributed by atoms with Crippen LogP contribution in [0.1, 0.15) is 65.2 Å². The van der Waals surface area contributed by atoms with Gasteiger partial charge in [-0.3, -0.25) is 14.5 Å². The predicted molar refractivity (Wildman–Crippen MR) is 113 cm³/mol. The van der Waals surface area contributed by atoms with Crippen molar-refractivity contribution in [2.24, 2.45) is 23.7 Å². The Bertz CT molecular complexity index is 713. The van der Waals surface area contributed by atoms with E-state index < -0.39 is 29.4 Å². The van der Waals surface area contributed by atoms with Gasteiger partial charge in [-0.1, -0.05) is 25.7 Å². The smallest absolute Gasteiger partial charge is 0.330 e. The molecule has 1 aliphatic carbocycles. The fraction of sp³-hybridized carbons (Fsp3) is 0.818. The second kappa shape index (κ2) is 9.54. The molecule has 0 bridgehead atoms. The summed E-state index contributed by atoms with van der Waals surface area (Å²) in [5, 5.41) is 0. The summed E-state index contributed by atoms with van der Waals surface area (Å²) in [4.78, 5) is 60.9. The Kier molecular flexibility index (Phi) is 7.24. The zero-order chi connectivity index (χ0) is 22.8. The zero-order valence-corrected chi connectivity index (χ0v) is 19.0. The van der Waals surface area contributed by atoms with Crippen molar-refractivity contribution >= 4 is 23.8 Å². The zero-order valence-electron chi connectivity index (χ0n) is 19.0. The van der Waals surface area contributed by atoms with Crippen molar-refractivity contribution < 1.29 is 24.0 Å². The minimum absolute atomic E-state index is 0.0892. The lowest BCUT2D eigenvalue weighted by atomic mass is 9.81. The third-order valence-electron chi connectivity index (χ3n) is 7.46. The van der Waals surface area contributed by atoms with Gasteiger partial charge in [0, 0.05) is 26.7 Å². The van der Waals surface area contributed by atoms with Crippen LogP contribution in [0.4, 0.5) is 4.79 Å². The summed E-state index contributed by atoms with van der Waals surface area (Å²) in [5.74, 6) is 2.73. The van der Waals surface area contributed by atoms with Crippen molar-refractivity contribution in [3.63, 3.8) is 0 Å². The van der Waals surface area contributed by atoms with E-state index in [1.165, 1.54) is 4.90 Å². The highest BCUT2D eigenvalue weighted by Gasteiger charge is 2.51. The van der Waals surface area contributed by atoms with Crippen molar-refractivity contribution in [3.8, 4) is 0 Å². The molecule has 1 saturated carbocycles. The number of nitrogens with zero attached hydrogens (tertiary/aromatic N) is 3. The van der Waals surface area contributed by atoms with Crippen LogP contribution in [0.15, 0.2) is 0 Å². The van der Waals surface area contributed by atoms with Crippen LogP contribution >= 0.6 is 0 Å². The molecule has 0 spiro atoms. The first-order chi connectivity index (χ1) is 14.7. The Hall–Kier alpha value is -2.16. The van der Waals surface area contributed by atoms with Gasteiger partial charge in [-0.2, -0.15) is 5.90 Å². The molecule has 3 aliphatic rings. The first-order valence-electron chi connectivity index (χ1n) is 11.5. The number of hydrogen-bond donors (Lipinski definition) is 1. The number of carbonyl (C=O) groups is 4. The van der Waals surface area contributed by atoms with Crippen LogP contribution in [0.25, 0.3) is 0 Å². The lowest BCUT2D eigenvalue weighted by molar-refractivity contribution is -0.158. The van der Waals surface area contributed by atoms with E-state index in [4.69, 9.17) is 5.90 Å². The Balaban J connectivity index is 1.88.